The zero-order chi connectivity index (χ0) is 21.7. The van der Waals surface area contributed by atoms with Gasteiger partial charge < -0.3 is 10.3 Å². The molecule has 0 saturated heterocycles. The number of alkyl halides is 3. The molecular formula is C20H24F3N7. The topological polar surface area (TPSA) is 89.8 Å². The molecule has 2 aromatic heterocycles. The van der Waals surface area contributed by atoms with Gasteiger partial charge in [-0.1, -0.05) is 0 Å². The highest BCUT2D eigenvalue weighted by atomic mass is 19.4. The Balaban J connectivity index is 1.74. The second-order valence-electron chi connectivity index (χ2n) is 7.45. The lowest BCUT2D eigenvalue weighted by Crippen LogP contribution is -2.42. The van der Waals surface area contributed by atoms with E-state index in [1.807, 2.05) is 13.0 Å². The minimum atomic E-state index is -4.35. The van der Waals surface area contributed by atoms with E-state index in [-0.39, 0.29) is 6.42 Å². The molecule has 2 N–H and O–H groups in total. The van der Waals surface area contributed by atoms with Crippen molar-refractivity contribution in [2.24, 2.45) is 0 Å². The van der Waals surface area contributed by atoms with Gasteiger partial charge in [0.15, 0.2) is 0 Å². The van der Waals surface area contributed by atoms with E-state index < -0.39 is 12.2 Å². The Morgan fingerprint density at radius 1 is 1.23 bits per heavy atom. The Labute approximate surface area is 173 Å². The van der Waals surface area contributed by atoms with Crippen LogP contribution in [0.25, 0.3) is 0 Å². The predicted octanol–water partition coefficient (Wildman–Crippen LogP) is 3.67. The number of nitriles is 1. The number of nitrogens with zero attached hydrogens (tertiary/aromatic N) is 5. The maximum atomic E-state index is 12.6. The number of rotatable bonds is 8. The molecule has 0 bridgehead atoms. The van der Waals surface area contributed by atoms with E-state index in [0.717, 1.165) is 43.1 Å². The summed E-state index contributed by atoms with van der Waals surface area (Å²) < 4.78 is 37.8. The summed E-state index contributed by atoms with van der Waals surface area (Å²) in [6, 6.07) is 2.80. The molecule has 0 unspecified atom stereocenters. The van der Waals surface area contributed by atoms with Gasteiger partial charge in [-0.2, -0.15) is 18.4 Å². The summed E-state index contributed by atoms with van der Waals surface area (Å²) in [5, 5.41) is 9.15. The molecule has 0 aromatic carbocycles. The summed E-state index contributed by atoms with van der Waals surface area (Å²) in [6.07, 6.45) is 3.73. The lowest BCUT2D eigenvalue weighted by atomic mass is 9.90. The van der Waals surface area contributed by atoms with Gasteiger partial charge >= 0.3 is 6.18 Å². The van der Waals surface area contributed by atoms with Crippen LogP contribution in [-0.4, -0.2) is 33.2 Å². The quantitative estimate of drug-likeness (QED) is 0.631. The van der Waals surface area contributed by atoms with Gasteiger partial charge in [-0.15, -0.1) is 0 Å². The van der Waals surface area contributed by atoms with Crippen LogP contribution in [-0.2, 0) is 13.0 Å². The number of aryl methyl sites for hydroxylation is 1. The molecule has 1 fully saturated rings. The van der Waals surface area contributed by atoms with Gasteiger partial charge in [0.05, 0.1) is 48.5 Å². The maximum Gasteiger partial charge on any atom is 0.405 e. The summed E-state index contributed by atoms with van der Waals surface area (Å²) in [4.78, 5) is 15.2. The van der Waals surface area contributed by atoms with Crippen molar-refractivity contribution in [3.63, 3.8) is 0 Å². The Bertz CT molecular complexity index is 889. The van der Waals surface area contributed by atoms with Crippen molar-refractivity contribution in [2.45, 2.75) is 64.3 Å². The summed E-state index contributed by atoms with van der Waals surface area (Å²) >= 11 is 0. The van der Waals surface area contributed by atoms with Gasteiger partial charge in [0, 0.05) is 12.2 Å². The van der Waals surface area contributed by atoms with E-state index >= 15 is 0 Å². The first-order valence-corrected chi connectivity index (χ1v) is 9.76. The maximum absolute atomic E-state index is 12.6. The van der Waals surface area contributed by atoms with Crippen LogP contribution in [0.15, 0.2) is 24.7 Å². The summed E-state index contributed by atoms with van der Waals surface area (Å²) in [5.41, 5.74) is 7.64. The van der Waals surface area contributed by atoms with Crippen LogP contribution in [0.2, 0.25) is 0 Å². The Morgan fingerprint density at radius 3 is 2.50 bits per heavy atom. The van der Waals surface area contributed by atoms with E-state index in [4.69, 9.17) is 5.26 Å². The molecule has 1 saturated carbocycles. The molecule has 10 heteroatoms. The second kappa shape index (κ2) is 9.26. The number of anilines is 2. The molecule has 0 radical (unpaired) electrons. The number of hydrazine groups is 1. The van der Waals surface area contributed by atoms with Crippen LogP contribution >= 0.6 is 0 Å². The van der Waals surface area contributed by atoms with Crippen molar-refractivity contribution in [1.29, 1.82) is 5.26 Å². The van der Waals surface area contributed by atoms with Crippen LogP contribution in [0.3, 0.4) is 0 Å². The Morgan fingerprint density at radius 2 is 1.93 bits per heavy atom. The van der Waals surface area contributed by atoms with Gasteiger partial charge in [-0.3, -0.25) is 4.98 Å². The van der Waals surface area contributed by atoms with Crippen LogP contribution in [0, 0.1) is 18.3 Å². The number of hydrogen-bond acceptors (Lipinski definition) is 7. The third-order valence-corrected chi connectivity index (χ3v) is 5.10. The lowest BCUT2D eigenvalue weighted by Gasteiger charge is -2.39. The largest absolute Gasteiger partial charge is 0.405 e. The first-order chi connectivity index (χ1) is 14.3. The minimum absolute atomic E-state index is 0.214. The van der Waals surface area contributed by atoms with E-state index in [1.54, 1.807) is 6.20 Å². The fraction of sp³-hybridized carbons (Fsp3) is 0.500. The number of halogens is 3. The molecule has 0 spiro atoms. The SMILES string of the molecule is Cc1cnc(CC#N)c(N(Cc2ncc(NN[C@@H](C)C(F)(F)F)cn2)C2CCC2)c1. The van der Waals surface area contributed by atoms with Crippen LogP contribution < -0.4 is 15.8 Å². The smallest absolute Gasteiger partial charge is 0.359 e. The Kier molecular flexibility index (Phi) is 6.72. The number of pyridine rings is 1. The third kappa shape index (κ3) is 5.36. The van der Waals surface area contributed by atoms with Crippen molar-refractivity contribution in [1.82, 2.24) is 20.4 Å². The highest BCUT2D eigenvalue weighted by molar-refractivity contribution is 5.54. The average molecular weight is 419 g/mol. The van der Waals surface area contributed by atoms with Crippen LogP contribution in [0.1, 0.15) is 43.3 Å². The predicted molar refractivity (Wildman–Crippen MR) is 106 cm³/mol. The van der Waals surface area contributed by atoms with Crippen LogP contribution in [0.4, 0.5) is 24.5 Å². The average Bonchev–Trinajstić information content (AvgIpc) is 2.66. The molecule has 1 aliphatic rings. The molecule has 2 aromatic rings. The number of aromatic nitrogens is 3. The summed E-state index contributed by atoms with van der Waals surface area (Å²) in [7, 11) is 0. The van der Waals surface area contributed by atoms with Crippen molar-refractivity contribution in [2.75, 3.05) is 10.3 Å². The van der Waals surface area contributed by atoms with Gasteiger partial charge in [-0.25, -0.2) is 15.4 Å². The van der Waals surface area contributed by atoms with Crippen molar-refractivity contribution >= 4 is 11.4 Å². The van der Waals surface area contributed by atoms with Gasteiger partial charge in [-0.05, 0) is 44.7 Å². The summed E-state index contributed by atoms with van der Waals surface area (Å²) in [5.74, 6) is 0.542. The minimum Gasteiger partial charge on any atom is -0.359 e. The standard InChI is InChI=1S/C20H24F3N7/c1-13-8-18(17(6-7-24)25-9-13)30(16-4-3-5-16)12-19-26-10-15(11-27-19)29-28-14(2)20(21,22)23/h8-11,14,16,28-29H,3-6,12H2,1-2H3/t14-/m0/s1. The molecule has 3 rings (SSSR count). The molecule has 1 atom stereocenters. The normalized spacial score (nSPS) is 15.2. The van der Waals surface area contributed by atoms with E-state index in [1.165, 1.54) is 12.4 Å². The van der Waals surface area contributed by atoms with Crippen molar-refractivity contribution in [3.8, 4) is 6.07 Å². The van der Waals surface area contributed by atoms with Gasteiger partial charge in [0.1, 0.15) is 11.9 Å². The highest BCUT2D eigenvalue weighted by Gasteiger charge is 2.35. The Hall–Kier alpha value is -2.93. The molecule has 2 heterocycles. The fourth-order valence-corrected chi connectivity index (χ4v) is 3.08. The molecule has 160 valence electrons. The monoisotopic (exact) mass is 419 g/mol. The zero-order valence-corrected chi connectivity index (χ0v) is 16.9. The third-order valence-electron chi connectivity index (χ3n) is 5.10. The van der Waals surface area contributed by atoms with Gasteiger partial charge in [0.25, 0.3) is 0 Å². The molecule has 30 heavy (non-hydrogen) atoms. The van der Waals surface area contributed by atoms with Crippen LogP contribution in [0.5, 0.6) is 0 Å². The van der Waals surface area contributed by atoms with Crippen molar-refractivity contribution < 1.29 is 13.2 Å². The number of hydrogen-bond donors (Lipinski definition) is 2. The summed E-state index contributed by atoms with van der Waals surface area (Å²) in [6.45, 7) is 3.41. The highest BCUT2D eigenvalue weighted by Crippen LogP contribution is 2.33. The van der Waals surface area contributed by atoms with E-state index in [0.29, 0.717) is 24.1 Å². The number of nitrogens with one attached hydrogen (secondary N) is 2. The first kappa shape index (κ1) is 21.8. The molecule has 7 nitrogen and oxygen atoms in total. The second-order valence-corrected chi connectivity index (χ2v) is 7.45. The lowest BCUT2D eigenvalue weighted by molar-refractivity contribution is -0.150. The van der Waals surface area contributed by atoms with Crippen molar-refractivity contribution in [3.05, 3.63) is 41.7 Å². The molecule has 0 aliphatic heterocycles. The first-order valence-electron chi connectivity index (χ1n) is 9.76. The zero-order valence-electron chi connectivity index (χ0n) is 16.9. The molecule has 1 aliphatic carbocycles. The van der Waals surface area contributed by atoms with E-state index in [2.05, 4.69) is 36.8 Å². The van der Waals surface area contributed by atoms with Gasteiger partial charge in [0.2, 0.25) is 0 Å². The van der Waals surface area contributed by atoms with E-state index in [9.17, 15) is 13.2 Å². The molecular weight excluding hydrogens is 395 g/mol. The fourth-order valence-electron chi connectivity index (χ4n) is 3.08. The molecule has 0 amide bonds.